The summed E-state index contributed by atoms with van der Waals surface area (Å²) in [6, 6.07) is 4.52. The average molecular weight is 406 g/mol. The lowest BCUT2D eigenvalue weighted by Crippen LogP contribution is -2.05. The van der Waals surface area contributed by atoms with E-state index >= 15 is 0 Å². The topological polar surface area (TPSA) is 37.8 Å². The molecule has 2 aromatic rings. The van der Waals surface area contributed by atoms with Gasteiger partial charge in [0.2, 0.25) is 0 Å². The summed E-state index contributed by atoms with van der Waals surface area (Å²) in [6.07, 6.45) is 1.87. The van der Waals surface area contributed by atoms with Crippen LogP contribution in [0.15, 0.2) is 18.2 Å². The predicted octanol–water partition coefficient (Wildman–Crippen LogP) is 4.53. The summed E-state index contributed by atoms with van der Waals surface area (Å²) in [5, 5.41) is 3.14. The molecule has 0 saturated carbocycles. The van der Waals surface area contributed by atoms with E-state index in [1.165, 1.54) is 6.07 Å². The second-order valence-corrected chi connectivity index (χ2v) is 5.77. The molecule has 6 heteroatoms. The number of halogens is 3. The van der Waals surface area contributed by atoms with Crippen molar-refractivity contribution >= 4 is 40.0 Å². The summed E-state index contributed by atoms with van der Waals surface area (Å²) < 4.78 is 14.3. The third-order valence-electron chi connectivity index (χ3n) is 2.82. The van der Waals surface area contributed by atoms with Gasteiger partial charge in [0.05, 0.1) is 14.3 Å². The van der Waals surface area contributed by atoms with Gasteiger partial charge in [-0.1, -0.05) is 24.9 Å². The van der Waals surface area contributed by atoms with E-state index < -0.39 is 5.82 Å². The molecule has 0 radical (unpaired) electrons. The highest BCUT2D eigenvalue weighted by atomic mass is 127. The monoisotopic (exact) mass is 405 g/mol. The predicted molar refractivity (Wildman–Crippen MR) is 88.7 cm³/mol. The highest BCUT2D eigenvalue weighted by Gasteiger charge is 2.13. The number of aromatic nitrogens is 2. The van der Waals surface area contributed by atoms with Crippen molar-refractivity contribution < 1.29 is 4.39 Å². The van der Waals surface area contributed by atoms with Gasteiger partial charge in [0.1, 0.15) is 11.6 Å². The molecule has 0 amide bonds. The Balaban J connectivity index is 2.55. The summed E-state index contributed by atoms with van der Waals surface area (Å²) in [5.74, 6) is 0.892. The fourth-order valence-corrected chi connectivity index (χ4v) is 2.79. The van der Waals surface area contributed by atoms with E-state index in [0.717, 1.165) is 27.9 Å². The number of hydrogen-bond acceptors (Lipinski definition) is 3. The molecule has 106 valence electrons. The fraction of sp³-hybridized carbons (Fsp3) is 0.286. The van der Waals surface area contributed by atoms with Crippen LogP contribution in [0.1, 0.15) is 19.0 Å². The van der Waals surface area contributed by atoms with Gasteiger partial charge in [-0.05, 0) is 47.2 Å². The minimum Gasteiger partial charge on any atom is -0.372 e. The average Bonchev–Trinajstić information content (AvgIpc) is 2.44. The van der Waals surface area contributed by atoms with Crippen LogP contribution in [0.2, 0.25) is 5.02 Å². The first-order valence-corrected chi connectivity index (χ1v) is 7.72. The van der Waals surface area contributed by atoms with Crippen molar-refractivity contribution in [1.29, 1.82) is 0 Å². The van der Waals surface area contributed by atoms with Crippen molar-refractivity contribution in [3.63, 3.8) is 0 Å². The Morgan fingerprint density at radius 3 is 2.70 bits per heavy atom. The van der Waals surface area contributed by atoms with Gasteiger partial charge in [-0.25, -0.2) is 14.4 Å². The van der Waals surface area contributed by atoms with Crippen LogP contribution in [0.3, 0.4) is 0 Å². The van der Waals surface area contributed by atoms with Crippen molar-refractivity contribution in [2.75, 3.05) is 12.4 Å². The molecular weight excluding hydrogens is 392 g/mol. The molecule has 0 spiro atoms. The van der Waals surface area contributed by atoms with Gasteiger partial charge >= 0.3 is 0 Å². The van der Waals surface area contributed by atoms with Crippen molar-refractivity contribution in [3.05, 3.63) is 38.3 Å². The largest absolute Gasteiger partial charge is 0.372 e. The van der Waals surface area contributed by atoms with E-state index in [1.54, 1.807) is 12.1 Å². The number of benzene rings is 1. The Labute approximate surface area is 136 Å². The third kappa shape index (κ3) is 3.20. The molecule has 0 atom stereocenters. The smallest absolute Gasteiger partial charge is 0.161 e. The first-order chi connectivity index (χ1) is 9.56. The standard InChI is InChI=1S/C14H14ClFIN3/c1-3-4-11-12(17)14(18-2)20-13(19-11)8-5-6-10(16)9(15)7-8/h5-7H,3-4H2,1-2H3,(H,18,19,20). The first-order valence-electron chi connectivity index (χ1n) is 6.26. The van der Waals surface area contributed by atoms with Crippen LogP contribution in [0, 0.1) is 9.39 Å². The van der Waals surface area contributed by atoms with Gasteiger partial charge in [-0.15, -0.1) is 0 Å². The first kappa shape index (κ1) is 15.4. The number of aryl methyl sites for hydroxylation is 1. The Morgan fingerprint density at radius 2 is 2.10 bits per heavy atom. The lowest BCUT2D eigenvalue weighted by molar-refractivity contribution is 0.628. The zero-order valence-electron chi connectivity index (χ0n) is 11.2. The Bertz CT molecular complexity index is 634. The van der Waals surface area contributed by atoms with Crippen molar-refractivity contribution in [1.82, 2.24) is 9.97 Å². The molecule has 1 aromatic heterocycles. The van der Waals surface area contributed by atoms with Gasteiger partial charge in [0, 0.05) is 12.6 Å². The summed E-state index contributed by atoms with van der Waals surface area (Å²) in [6.45, 7) is 2.10. The van der Waals surface area contributed by atoms with Crippen LogP contribution >= 0.6 is 34.2 Å². The molecule has 0 unspecified atom stereocenters. The highest BCUT2D eigenvalue weighted by molar-refractivity contribution is 14.1. The fourth-order valence-electron chi connectivity index (χ4n) is 1.83. The summed E-state index contributed by atoms with van der Waals surface area (Å²) in [5.41, 5.74) is 1.70. The van der Waals surface area contributed by atoms with Crippen molar-refractivity contribution in [2.45, 2.75) is 19.8 Å². The Kier molecular flexibility index (Phi) is 5.15. The lowest BCUT2D eigenvalue weighted by atomic mass is 10.2. The molecule has 0 aliphatic heterocycles. The normalized spacial score (nSPS) is 10.7. The maximum Gasteiger partial charge on any atom is 0.161 e. The quantitative estimate of drug-likeness (QED) is 0.759. The van der Waals surface area contributed by atoms with Crippen molar-refractivity contribution in [3.8, 4) is 11.4 Å². The van der Waals surface area contributed by atoms with Crippen molar-refractivity contribution in [2.24, 2.45) is 0 Å². The van der Waals surface area contributed by atoms with E-state index in [2.05, 4.69) is 44.8 Å². The maximum absolute atomic E-state index is 13.2. The second-order valence-electron chi connectivity index (χ2n) is 4.29. The maximum atomic E-state index is 13.2. The minimum atomic E-state index is -0.441. The summed E-state index contributed by atoms with van der Waals surface area (Å²) >= 11 is 8.06. The van der Waals surface area contributed by atoms with Crippen LogP contribution in [0.4, 0.5) is 10.2 Å². The molecule has 1 aromatic carbocycles. The molecule has 3 nitrogen and oxygen atoms in total. The number of nitrogens with one attached hydrogen (secondary N) is 1. The van der Waals surface area contributed by atoms with Gasteiger partial charge in [-0.2, -0.15) is 0 Å². The molecular formula is C14H14ClFIN3. The summed E-state index contributed by atoms with van der Waals surface area (Å²) in [7, 11) is 1.82. The zero-order valence-corrected chi connectivity index (χ0v) is 14.1. The molecule has 0 aliphatic rings. The Hall–Kier alpha value is -0.950. The van der Waals surface area contributed by atoms with Crippen LogP contribution in [-0.4, -0.2) is 17.0 Å². The Morgan fingerprint density at radius 1 is 1.35 bits per heavy atom. The molecule has 0 bridgehead atoms. The molecule has 0 saturated heterocycles. The molecule has 1 heterocycles. The van der Waals surface area contributed by atoms with E-state index in [4.69, 9.17) is 11.6 Å². The molecule has 2 rings (SSSR count). The van der Waals surface area contributed by atoms with Crippen LogP contribution < -0.4 is 5.32 Å². The second kappa shape index (κ2) is 6.67. The molecule has 20 heavy (non-hydrogen) atoms. The van der Waals surface area contributed by atoms with Gasteiger partial charge in [-0.3, -0.25) is 0 Å². The zero-order chi connectivity index (χ0) is 14.7. The lowest BCUT2D eigenvalue weighted by Gasteiger charge is -2.11. The molecule has 1 N–H and O–H groups in total. The molecule has 0 fully saturated rings. The van der Waals surface area contributed by atoms with Crippen LogP contribution in [0.25, 0.3) is 11.4 Å². The number of hydrogen-bond donors (Lipinski definition) is 1. The third-order valence-corrected chi connectivity index (χ3v) is 4.24. The van der Waals surface area contributed by atoms with Gasteiger partial charge in [0.25, 0.3) is 0 Å². The summed E-state index contributed by atoms with van der Waals surface area (Å²) in [4.78, 5) is 9.04. The highest BCUT2D eigenvalue weighted by Crippen LogP contribution is 2.27. The van der Waals surface area contributed by atoms with Gasteiger partial charge < -0.3 is 5.32 Å². The number of rotatable bonds is 4. The van der Waals surface area contributed by atoms with E-state index in [0.29, 0.717) is 11.4 Å². The van der Waals surface area contributed by atoms with E-state index in [9.17, 15) is 4.39 Å². The van der Waals surface area contributed by atoms with Gasteiger partial charge in [0.15, 0.2) is 5.82 Å². The number of nitrogens with zero attached hydrogens (tertiary/aromatic N) is 2. The number of anilines is 1. The minimum absolute atomic E-state index is 0.0766. The van der Waals surface area contributed by atoms with E-state index in [1.807, 2.05) is 7.05 Å². The van der Waals surface area contributed by atoms with E-state index in [-0.39, 0.29) is 5.02 Å². The van der Waals surface area contributed by atoms with Crippen LogP contribution in [-0.2, 0) is 6.42 Å². The SMILES string of the molecule is CCCc1nc(-c2ccc(F)c(Cl)c2)nc(NC)c1I. The molecule has 0 aliphatic carbocycles. The van der Waals surface area contributed by atoms with Crippen LogP contribution in [0.5, 0.6) is 0 Å².